The summed E-state index contributed by atoms with van der Waals surface area (Å²) >= 11 is 6.24. The molecular weight excluding hydrogens is 286 g/mol. The second kappa shape index (κ2) is 7.34. The topological polar surface area (TPSA) is 44.5 Å². The maximum absolute atomic E-state index is 6.24. The molecule has 0 aliphatic carbocycles. The normalized spacial score (nSPS) is 12.0. The van der Waals surface area contributed by atoms with E-state index < -0.39 is 0 Å². The van der Waals surface area contributed by atoms with Gasteiger partial charge in [0.1, 0.15) is 18.1 Å². The summed E-state index contributed by atoms with van der Waals surface area (Å²) in [6, 6.07) is 13.7. The fraction of sp³-hybridized carbons (Fsp3) is 0.294. The molecule has 0 fully saturated rings. The predicted molar refractivity (Wildman–Crippen MR) is 86.1 cm³/mol. The molecule has 0 heterocycles. The van der Waals surface area contributed by atoms with Crippen LogP contribution in [-0.4, -0.2) is 13.2 Å². The fourth-order valence-electron chi connectivity index (χ4n) is 2.04. The maximum Gasteiger partial charge on any atom is 0.138 e. The summed E-state index contributed by atoms with van der Waals surface area (Å²) in [6.07, 6.45) is 0.804. The average molecular weight is 306 g/mol. The van der Waals surface area contributed by atoms with Crippen LogP contribution in [0.5, 0.6) is 11.5 Å². The summed E-state index contributed by atoms with van der Waals surface area (Å²) in [4.78, 5) is 0. The van der Waals surface area contributed by atoms with Crippen molar-refractivity contribution in [3.63, 3.8) is 0 Å². The minimum atomic E-state index is 0.118. The van der Waals surface area contributed by atoms with Gasteiger partial charge in [0, 0.05) is 6.04 Å². The molecule has 2 N–H and O–H groups in total. The zero-order chi connectivity index (χ0) is 15.2. The quantitative estimate of drug-likeness (QED) is 0.882. The van der Waals surface area contributed by atoms with Crippen molar-refractivity contribution >= 4 is 11.6 Å². The van der Waals surface area contributed by atoms with E-state index in [4.69, 9.17) is 26.8 Å². The Bertz CT molecular complexity index is 582. The standard InChI is InChI=1S/C17H20ClNO2/c1-12(19)9-14-5-8-17(16(18)10-14)21-11-13-3-6-15(20-2)7-4-13/h3-8,10,12H,9,11,19H2,1-2H3. The lowest BCUT2D eigenvalue weighted by Crippen LogP contribution is -2.17. The molecule has 2 rings (SSSR count). The number of hydrogen-bond acceptors (Lipinski definition) is 3. The van der Waals surface area contributed by atoms with E-state index in [-0.39, 0.29) is 6.04 Å². The zero-order valence-corrected chi connectivity index (χ0v) is 13.1. The number of ether oxygens (including phenoxy) is 2. The van der Waals surface area contributed by atoms with E-state index in [0.29, 0.717) is 17.4 Å². The van der Waals surface area contributed by atoms with Gasteiger partial charge in [-0.05, 0) is 48.7 Å². The molecule has 1 unspecified atom stereocenters. The van der Waals surface area contributed by atoms with Crippen molar-refractivity contribution in [1.82, 2.24) is 0 Å². The van der Waals surface area contributed by atoms with Gasteiger partial charge in [0.15, 0.2) is 0 Å². The van der Waals surface area contributed by atoms with E-state index in [2.05, 4.69) is 0 Å². The first-order valence-corrected chi connectivity index (χ1v) is 7.26. The van der Waals surface area contributed by atoms with Crippen LogP contribution in [0.25, 0.3) is 0 Å². The van der Waals surface area contributed by atoms with E-state index in [0.717, 1.165) is 23.3 Å². The fourth-order valence-corrected chi connectivity index (χ4v) is 2.30. The summed E-state index contributed by atoms with van der Waals surface area (Å²) < 4.78 is 10.9. The Labute approximate surface area is 130 Å². The number of nitrogens with two attached hydrogens (primary N) is 1. The van der Waals surface area contributed by atoms with Crippen molar-refractivity contribution < 1.29 is 9.47 Å². The first-order chi connectivity index (χ1) is 10.1. The van der Waals surface area contributed by atoms with Crippen molar-refractivity contribution in [2.45, 2.75) is 26.0 Å². The lowest BCUT2D eigenvalue weighted by molar-refractivity contribution is 0.306. The van der Waals surface area contributed by atoms with Crippen LogP contribution in [0.4, 0.5) is 0 Å². The third-order valence-electron chi connectivity index (χ3n) is 3.11. The highest BCUT2D eigenvalue weighted by molar-refractivity contribution is 6.32. The molecule has 1 atom stereocenters. The summed E-state index contributed by atoms with van der Waals surface area (Å²) in [6.45, 7) is 2.44. The van der Waals surface area contributed by atoms with Gasteiger partial charge in [0.25, 0.3) is 0 Å². The summed E-state index contributed by atoms with van der Waals surface area (Å²) in [5.41, 5.74) is 7.97. The van der Waals surface area contributed by atoms with Crippen LogP contribution in [0.1, 0.15) is 18.1 Å². The summed E-state index contributed by atoms with van der Waals surface area (Å²) in [7, 11) is 1.65. The van der Waals surface area contributed by atoms with Gasteiger partial charge in [0.2, 0.25) is 0 Å². The minimum absolute atomic E-state index is 0.118. The SMILES string of the molecule is COc1ccc(COc2ccc(CC(C)N)cc2Cl)cc1. The largest absolute Gasteiger partial charge is 0.497 e. The van der Waals surface area contributed by atoms with Gasteiger partial charge in [-0.3, -0.25) is 0 Å². The molecule has 0 aromatic heterocycles. The van der Waals surface area contributed by atoms with Crippen molar-refractivity contribution in [1.29, 1.82) is 0 Å². The van der Waals surface area contributed by atoms with Gasteiger partial charge in [-0.25, -0.2) is 0 Å². The molecule has 0 saturated heterocycles. The highest BCUT2D eigenvalue weighted by atomic mass is 35.5. The van der Waals surface area contributed by atoms with Gasteiger partial charge in [-0.15, -0.1) is 0 Å². The van der Waals surface area contributed by atoms with Crippen LogP contribution in [0.3, 0.4) is 0 Å². The number of hydrogen-bond donors (Lipinski definition) is 1. The van der Waals surface area contributed by atoms with E-state index in [1.54, 1.807) is 7.11 Å². The van der Waals surface area contributed by atoms with E-state index in [1.165, 1.54) is 0 Å². The first-order valence-electron chi connectivity index (χ1n) is 6.88. The second-order valence-corrected chi connectivity index (χ2v) is 5.49. The van der Waals surface area contributed by atoms with Crippen LogP contribution in [0, 0.1) is 0 Å². The third-order valence-corrected chi connectivity index (χ3v) is 3.40. The van der Waals surface area contributed by atoms with Crippen LogP contribution in [-0.2, 0) is 13.0 Å². The summed E-state index contributed by atoms with van der Waals surface area (Å²) in [5, 5.41) is 0.613. The van der Waals surface area contributed by atoms with Gasteiger partial charge < -0.3 is 15.2 Å². The van der Waals surface area contributed by atoms with Crippen LogP contribution in [0.2, 0.25) is 5.02 Å². The Balaban J connectivity index is 1.99. The van der Waals surface area contributed by atoms with Gasteiger partial charge in [-0.1, -0.05) is 29.8 Å². The molecule has 0 aliphatic rings. The number of halogens is 1. The average Bonchev–Trinajstić information content (AvgIpc) is 2.46. The molecule has 0 saturated carbocycles. The summed E-state index contributed by atoms with van der Waals surface area (Å²) in [5.74, 6) is 1.51. The molecule has 3 nitrogen and oxygen atoms in total. The lowest BCUT2D eigenvalue weighted by Gasteiger charge is -2.11. The van der Waals surface area contributed by atoms with Crippen molar-refractivity contribution in [2.75, 3.05) is 7.11 Å². The van der Waals surface area contributed by atoms with E-state index in [9.17, 15) is 0 Å². The monoisotopic (exact) mass is 305 g/mol. The van der Waals surface area contributed by atoms with E-state index >= 15 is 0 Å². The third kappa shape index (κ3) is 4.66. The van der Waals surface area contributed by atoms with Crippen molar-refractivity contribution in [2.24, 2.45) is 5.73 Å². The Morgan fingerprint density at radius 1 is 1.10 bits per heavy atom. The molecule has 0 bridgehead atoms. The highest BCUT2D eigenvalue weighted by Gasteiger charge is 2.05. The van der Waals surface area contributed by atoms with Crippen LogP contribution in [0.15, 0.2) is 42.5 Å². The molecule has 0 amide bonds. The maximum atomic E-state index is 6.24. The van der Waals surface area contributed by atoms with Crippen LogP contribution >= 0.6 is 11.6 Å². The van der Waals surface area contributed by atoms with Crippen molar-refractivity contribution in [3.8, 4) is 11.5 Å². The molecule has 4 heteroatoms. The molecule has 2 aromatic rings. The molecule has 112 valence electrons. The molecule has 0 aliphatic heterocycles. The minimum Gasteiger partial charge on any atom is -0.497 e. The second-order valence-electron chi connectivity index (χ2n) is 5.08. The van der Waals surface area contributed by atoms with Crippen LogP contribution < -0.4 is 15.2 Å². The smallest absolute Gasteiger partial charge is 0.138 e. The van der Waals surface area contributed by atoms with Gasteiger partial charge in [-0.2, -0.15) is 0 Å². The Kier molecular flexibility index (Phi) is 5.48. The molecule has 21 heavy (non-hydrogen) atoms. The predicted octanol–water partition coefficient (Wildman–Crippen LogP) is 3.82. The van der Waals surface area contributed by atoms with Gasteiger partial charge in [0.05, 0.1) is 12.1 Å². The lowest BCUT2D eigenvalue weighted by atomic mass is 10.1. The Morgan fingerprint density at radius 3 is 2.33 bits per heavy atom. The number of methoxy groups -OCH3 is 1. The zero-order valence-electron chi connectivity index (χ0n) is 12.3. The number of rotatable bonds is 6. The number of benzene rings is 2. The van der Waals surface area contributed by atoms with Gasteiger partial charge >= 0.3 is 0 Å². The first kappa shape index (κ1) is 15.7. The molecule has 2 aromatic carbocycles. The highest BCUT2D eigenvalue weighted by Crippen LogP contribution is 2.27. The molecular formula is C17H20ClNO2. The Hall–Kier alpha value is -1.71. The van der Waals surface area contributed by atoms with E-state index in [1.807, 2.05) is 49.4 Å². The van der Waals surface area contributed by atoms with Crippen molar-refractivity contribution in [3.05, 3.63) is 58.6 Å². The Morgan fingerprint density at radius 2 is 1.76 bits per heavy atom. The molecule has 0 radical (unpaired) electrons. The molecule has 0 spiro atoms.